The van der Waals surface area contributed by atoms with Crippen molar-refractivity contribution in [3.63, 3.8) is 0 Å². The molecule has 0 fully saturated rings. The molecule has 2 aromatic rings. The SMILES string of the molecule is COc1cc(Br)c(OC(C)c2ccc(C(=O)O)o2)cc1Br. The minimum absolute atomic E-state index is 0.115. The number of methoxy groups -OCH3 is 1. The van der Waals surface area contributed by atoms with Crippen molar-refractivity contribution in [2.75, 3.05) is 7.11 Å². The van der Waals surface area contributed by atoms with Crippen LogP contribution in [0.4, 0.5) is 0 Å². The van der Waals surface area contributed by atoms with Crippen molar-refractivity contribution in [2.45, 2.75) is 13.0 Å². The van der Waals surface area contributed by atoms with Gasteiger partial charge in [-0.2, -0.15) is 0 Å². The van der Waals surface area contributed by atoms with Gasteiger partial charge in [0.05, 0.1) is 16.1 Å². The average Bonchev–Trinajstić information content (AvgIpc) is 2.92. The fraction of sp³-hybridized carbons (Fsp3) is 0.214. The van der Waals surface area contributed by atoms with E-state index < -0.39 is 12.1 Å². The highest BCUT2D eigenvalue weighted by atomic mass is 79.9. The van der Waals surface area contributed by atoms with Gasteiger partial charge in [0, 0.05) is 0 Å². The molecule has 1 aromatic carbocycles. The van der Waals surface area contributed by atoms with Crippen LogP contribution in [0.1, 0.15) is 29.3 Å². The van der Waals surface area contributed by atoms with E-state index in [1.54, 1.807) is 32.2 Å². The molecule has 0 saturated heterocycles. The zero-order valence-electron chi connectivity index (χ0n) is 11.2. The molecule has 0 saturated carbocycles. The lowest BCUT2D eigenvalue weighted by atomic mass is 10.3. The Morgan fingerprint density at radius 1 is 1.24 bits per heavy atom. The third kappa shape index (κ3) is 3.59. The first-order chi connectivity index (χ1) is 9.92. The molecule has 1 aromatic heterocycles. The van der Waals surface area contributed by atoms with Gasteiger partial charge in [0.1, 0.15) is 17.3 Å². The van der Waals surface area contributed by atoms with E-state index >= 15 is 0 Å². The Bertz CT molecular complexity index is 665. The van der Waals surface area contributed by atoms with Crippen molar-refractivity contribution in [3.8, 4) is 11.5 Å². The van der Waals surface area contributed by atoms with Crippen molar-refractivity contribution in [2.24, 2.45) is 0 Å². The molecule has 1 heterocycles. The summed E-state index contributed by atoms with van der Waals surface area (Å²) in [6.07, 6.45) is -0.435. The Hall–Kier alpha value is -1.47. The Morgan fingerprint density at radius 2 is 1.86 bits per heavy atom. The number of hydrogen-bond acceptors (Lipinski definition) is 4. The van der Waals surface area contributed by atoms with Gasteiger partial charge in [-0.1, -0.05) is 0 Å². The summed E-state index contributed by atoms with van der Waals surface area (Å²) >= 11 is 6.78. The number of halogens is 2. The van der Waals surface area contributed by atoms with Crippen LogP contribution in [-0.4, -0.2) is 18.2 Å². The largest absolute Gasteiger partial charge is 0.496 e. The molecule has 1 atom stereocenters. The summed E-state index contributed by atoms with van der Waals surface area (Å²) in [5, 5.41) is 8.85. The van der Waals surface area contributed by atoms with Gasteiger partial charge in [0.2, 0.25) is 5.76 Å². The Balaban J connectivity index is 2.20. The molecule has 5 nitrogen and oxygen atoms in total. The van der Waals surface area contributed by atoms with E-state index in [1.807, 2.05) is 0 Å². The van der Waals surface area contributed by atoms with Crippen molar-refractivity contribution in [3.05, 3.63) is 44.7 Å². The first-order valence-corrected chi connectivity index (χ1v) is 7.53. The molecule has 21 heavy (non-hydrogen) atoms. The summed E-state index contributed by atoms with van der Waals surface area (Å²) < 4.78 is 17.7. The Labute approximate surface area is 138 Å². The van der Waals surface area contributed by atoms with Crippen molar-refractivity contribution < 1.29 is 23.8 Å². The fourth-order valence-corrected chi connectivity index (χ4v) is 2.59. The van der Waals surface area contributed by atoms with E-state index in [-0.39, 0.29) is 5.76 Å². The molecule has 0 aliphatic heterocycles. The highest BCUT2D eigenvalue weighted by Crippen LogP contribution is 2.38. The summed E-state index contributed by atoms with van der Waals surface area (Å²) in [6.45, 7) is 1.77. The third-order valence-electron chi connectivity index (χ3n) is 2.75. The molecule has 1 unspecified atom stereocenters. The second-order valence-corrected chi connectivity index (χ2v) is 5.89. The standard InChI is InChI=1S/C14H12Br2O5/c1-7(10-3-4-11(21-10)14(17)18)20-13-6-8(15)12(19-2)5-9(13)16/h3-7H,1-2H3,(H,17,18). The predicted molar refractivity (Wildman–Crippen MR) is 83.1 cm³/mol. The number of furan rings is 1. The second kappa shape index (κ2) is 6.53. The number of carboxylic acids is 1. The van der Waals surface area contributed by atoms with Crippen LogP contribution in [0.3, 0.4) is 0 Å². The minimum atomic E-state index is -1.11. The predicted octanol–water partition coefficient (Wildman–Crippen LogP) is 4.65. The lowest BCUT2D eigenvalue weighted by Crippen LogP contribution is -2.03. The van der Waals surface area contributed by atoms with Gasteiger partial charge in [-0.15, -0.1) is 0 Å². The summed E-state index contributed by atoms with van der Waals surface area (Å²) in [5.41, 5.74) is 0. The lowest BCUT2D eigenvalue weighted by Gasteiger charge is -2.15. The highest BCUT2D eigenvalue weighted by molar-refractivity contribution is 9.11. The number of ether oxygens (including phenoxy) is 2. The van der Waals surface area contributed by atoms with Crippen LogP contribution in [0.15, 0.2) is 37.6 Å². The zero-order valence-corrected chi connectivity index (χ0v) is 14.4. The van der Waals surface area contributed by atoms with Gasteiger partial charge < -0.3 is 19.0 Å². The van der Waals surface area contributed by atoms with Crippen LogP contribution in [0.5, 0.6) is 11.5 Å². The summed E-state index contributed by atoms with van der Waals surface area (Å²) in [4.78, 5) is 10.8. The molecule has 0 aliphatic carbocycles. The van der Waals surface area contributed by atoms with Crippen LogP contribution in [0.25, 0.3) is 0 Å². The molecule has 0 spiro atoms. The number of aromatic carboxylic acids is 1. The molecule has 1 N–H and O–H groups in total. The molecular formula is C14H12Br2O5. The third-order valence-corrected chi connectivity index (χ3v) is 3.99. The van der Waals surface area contributed by atoms with E-state index in [0.29, 0.717) is 17.3 Å². The molecule has 0 amide bonds. The molecule has 112 valence electrons. The van der Waals surface area contributed by atoms with Gasteiger partial charge in [-0.3, -0.25) is 0 Å². The number of benzene rings is 1. The van der Waals surface area contributed by atoms with Crippen LogP contribution < -0.4 is 9.47 Å². The van der Waals surface area contributed by atoms with E-state index in [4.69, 9.17) is 19.0 Å². The van der Waals surface area contributed by atoms with Crippen molar-refractivity contribution in [1.82, 2.24) is 0 Å². The van der Waals surface area contributed by atoms with Crippen LogP contribution in [0, 0.1) is 0 Å². The van der Waals surface area contributed by atoms with Gasteiger partial charge in [-0.05, 0) is 63.0 Å². The summed E-state index contributed by atoms with van der Waals surface area (Å²) in [7, 11) is 1.58. The van der Waals surface area contributed by atoms with Crippen molar-refractivity contribution >= 4 is 37.8 Å². The number of hydrogen-bond donors (Lipinski definition) is 1. The molecule has 0 bridgehead atoms. The maximum absolute atomic E-state index is 10.8. The van der Waals surface area contributed by atoms with Gasteiger partial charge in [-0.25, -0.2) is 4.79 Å². The number of carbonyl (C=O) groups is 1. The van der Waals surface area contributed by atoms with E-state index in [1.165, 1.54) is 6.07 Å². The first kappa shape index (κ1) is 15.9. The summed E-state index contributed by atoms with van der Waals surface area (Å²) in [5.74, 6) is 0.472. The normalized spacial score (nSPS) is 12.0. The zero-order chi connectivity index (χ0) is 15.6. The maximum atomic E-state index is 10.8. The monoisotopic (exact) mass is 418 g/mol. The fourth-order valence-electron chi connectivity index (χ4n) is 1.69. The quantitative estimate of drug-likeness (QED) is 0.763. The number of rotatable bonds is 5. The number of carboxylic acid groups (broad SMARTS) is 1. The average molecular weight is 420 g/mol. The van der Waals surface area contributed by atoms with Crippen molar-refractivity contribution in [1.29, 1.82) is 0 Å². The smallest absolute Gasteiger partial charge is 0.371 e. The van der Waals surface area contributed by atoms with Gasteiger partial charge >= 0.3 is 5.97 Å². The highest BCUT2D eigenvalue weighted by Gasteiger charge is 2.17. The maximum Gasteiger partial charge on any atom is 0.371 e. The van der Waals surface area contributed by atoms with E-state index in [9.17, 15) is 4.79 Å². The van der Waals surface area contributed by atoms with Crippen LogP contribution in [0.2, 0.25) is 0 Å². The molecular weight excluding hydrogens is 408 g/mol. The topological polar surface area (TPSA) is 68.9 Å². The molecule has 7 heteroatoms. The summed E-state index contributed by atoms with van der Waals surface area (Å²) in [6, 6.07) is 6.52. The van der Waals surface area contributed by atoms with Crippen LogP contribution >= 0.6 is 31.9 Å². The molecule has 2 rings (SSSR count). The van der Waals surface area contributed by atoms with E-state index in [0.717, 1.165) is 8.95 Å². The minimum Gasteiger partial charge on any atom is -0.496 e. The lowest BCUT2D eigenvalue weighted by molar-refractivity contribution is 0.0655. The van der Waals surface area contributed by atoms with Gasteiger partial charge in [0.15, 0.2) is 6.10 Å². The first-order valence-electron chi connectivity index (χ1n) is 5.95. The van der Waals surface area contributed by atoms with Gasteiger partial charge in [0.25, 0.3) is 0 Å². The molecule has 0 aliphatic rings. The second-order valence-electron chi connectivity index (χ2n) is 4.18. The van der Waals surface area contributed by atoms with Crippen LogP contribution in [-0.2, 0) is 0 Å². The molecule has 0 radical (unpaired) electrons. The Kier molecular flexibility index (Phi) is 4.95. The van der Waals surface area contributed by atoms with E-state index in [2.05, 4.69) is 31.9 Å². The Morgan fingerprint density at radius 3 is 2.43 bits per heavy atom.